The van der Waals surface area contributed by atoms with E-state index in [0.29, 0.717) is 36.4 Å². The molecule has 21 heavy (non-hydrogen) atoms. The zero-order chi connectivity index (χ0) is 14.7. The van der Waals surface area contributed by atoms with E-state index in [-0.39, 0.29) is 12.0 Å². The standard InChI is InChI=1S/C14H16N2O4S/c1-9-2-3-12(20-9)14-16-11(7-21-14)13(17)15-6-10-4-5-18-8-19-10/h2-3,7,10H,4-6,8H2,1H3,(H,15,17)/t10-/m1/s1. The molecule has 0 unspecified atom stereocenters. The molecule has 1 amide bonds. The molecule has 1 saturated heterocycles. The van der Waals surface area contributed by atoms with Gasteiger partial charge in [-0.05, 0) is 25.5 Å². The van der Waals surface area contributed by atoms with Crippen LogP contribution in [0.2, 0.25) is 0 Å². The average molecular weight is 308 g/mol. The normalized spacial score (nSPS) is 18.6. The van der Waals surface area contributed by atoms with Gasteiger partial charge in [0.05, 0.1) is 12.7 Å². The number of amides is 1. The van der Waals surface area contributed by atoms with Gasteiger partial charge >= 0.3 is 0 Å². The van der Waals surface area contributed by atoms with Crippen LogP contribution in [0.1, 0.15) is 22.7 Å². The quantitative estimate of drug-likeness (QED) is 0.937. The molecule has 1 N–H and O–H groups in total. The van der Waals surface area contributed by atoms with Crippen molar-refractivity contribution in [1.29, 1.82) is 0 Å². The molecule has 2 aromatic heterocycles. The number of carbonyl (C=O) groups is 1. The summed E-state index contributed by atoms with van der Waals surface area (Å²) in [5, 5.41) is 5.27. The second-order valence-electron chi connectivity index (χ2n) is 4.76. The third kappa shape index (κ3) is 3.49. The number of hydrogen-bond donors (Lipinski definition) is 1. The highest BCUT2D eigenvalue weighted by Crippen LogP contribution is 2.25. The van der Waals surface area contributed by atoms with E-state index in [4.69, 9.17) is 13.9 Å². The largest absolute Gasteiger partial charge is 0.459 e. The molecule has 1 atom stereocenters. The molecule has 0 bridgehead atoms. The van der Waals surface area contributed by atoms with Crippen LogP contribution in [-0.4, -0.2) is 36.9 Å². The minimum absolute atomic E-state index is 0.00790. The van der Waals surface area contributed by atoms with Crippen molar-refractivity contribution in [2.75, 3.05) is 19.9 Å². The van der Waals surface area contributed by atoms with Crippen LogP contribution in [0.3, 0.4) is 0 Å². The smallest absolute Gasteiger partial charge is 0.270 e. The first-order valence-corrected chi connectivity index (χ1v) is 7.60. The van der Waals surface area contributed by atoms with Crippen LogP contribution in [0.5, 0.6) is 0 Å². The summed E-state index contributed by atoms with van der Waals surface area (Å²) in [5.41, 5.74) is 0.399. The van der Waals surface area contributed by atoms with Crippen molar-refractivity contribution in [3.63, 3.8) is 0 Å². The van der Waals surface area contributed by atoms with Crippen molar-refractivity contribution in [1.82, 2.24) is 10.3 Å². The van der Waals surface area contributed by atoms with Gasteiger partial charge in [0.25, 0.3) is 5.91 Å². The van der Waals surface area contributed by atoms with Gasteiger partial charge in [-0.25, -0.2) is 4.98 Å². The summed E-state index contributed by atoms with van der Waals surface area (Å²) in [7, 11) is 0. The summed E-state index contributed by atoms with van der Waals surface area (Å²) in [6.45, 7) is 3.30. The van der Waals surface area contributed by atoms with Crippen LogP contribution in [0.15, 0.2) is 21.9 Å². The van der Waals surface area contributed by atoms with Crippen LogP contribution < -0.4 is 5.32 Å². The van der Waals surface area contributed by atoms with Crippen molar-refractivity contribution in [3.05, 3.63) is 29.0 Å². The number of ether oxygens (including phenoxy) is 2. The minimum atomic E-state index is -0.198. The van der Waals surface area contributed by atoms with Gasteiger partial charge in [0, 0.05) is 11.9 Å². The fourth-order valence-corrected chi connectivity index (χ4v) is 2.76. The lowest BCUT2D eigenvalue weighted by atomic mass is 10.2. The summed E-state index contributed by atoms with van der Waals surface area (Å²) >= 11 is 1.39. The van der Waals surface area contributed by atoms with E-state index in [0.717, 1.165) is 12.2 Å². The minimum Gasteiger partial charge on any atom is -0.459 e. The molecular formula is C14H16N2O4S. The molecule has 1 aliphatic heterocycles. The number of furan rings is 1. The zero-order valence-electron chi connectivity index (χ0n) is 11.6. The molecule has 0 aliphatic carbocycles. The Labute approximate surface area is 126 Å². The van der Waals surface area contributed by atoms with Crippen LogP contribution >= 0.6 is 11.3 Å². The van der Waals surface area contributed by atoms with Crippen LogP contribution in [0, 0.1) is 6.92 Å². The predicted molar refractivity (Wildman–Crippen MR) is 77.2 cm³/mol. The lowest BCUT2D eigenvalue weighted by Gasteiger charge is -2.22. The van der Waals surface area contributed by atoms with Crippen molar-refractivity contribution < 1.29 is 18.7 Å². The Morgan fingerprint density at radius 3 is 3.14 bits per heavy atom. The van der Waals surface area contributed by atoms with Crippen LogP contribution in [0.4, 0.5) is 0 Å². The first-order valence-electron chi connectivity index (χ1n) is 6.72. The van der Waals surface area contributed by atoms with E-state index in [1.807, 2.05) is 19.1 Å². The van der Waals surface area contributed by atoms with Gasteiger partial charge in [0.2, 0.25) is 0 Å². The van der Waals surface area contributed by atoms with E-state index in [9.17, 15) is 4.79 Å². The van der Waals surface area contributed by atoms with E-state index in [1.54, 1.807) is 5.38 Å². The molecule has 0 radical (unpaired) electrons. The van der Waals surface area contributed by atoms with E-state index < -0.39 is 0 Å². The van der Waals surface area contributed by atoms with Gasteiger partial charge in [-0.15, -0.1) is 11.3 Å². The van der Waals surface area contributed by atoms with Gasteiger partial charge in [-0.2, -0.15) is 0 Å². The highest BCUT2D eigenvalue weighted by Gasteiger charge is 2.17. The highest BCUT2D eigenvalue weighted by molar-refractivity contribution is 7.13. The SMILES string of the molecule is Cc1ccc(-c2nc(C(=O)NC[C@H]3CCOCO3)cs2)o1. The fourth-order valence-electron chi connectivity index (χ4n) is 2.00. The molecule has 0 aromatic carbocycles. The zero-order valence-corrected chi connectivity index (χ0v) is 12.4. The Kier molecular flexibility index (Phi) is 4.33. The maximum Gasteiger partial charge on any atom is 0.270 e. The summed E-state index contributed by atoms with van der Waals surface area (Å²) in [6.07, 6.45) is 0.794. The maximum atomic E-state index is 12.1. The molecule has 2 aromatic rings. The Morgan fingerprint density at radius 1 is 1.52 bits per heavy atom. The van der Waals surface area contributed by atoms with Crippen LogP contribution in [-0.2, 0) is 9.47 Å². The van der Waals surface area contributed by atoms with E-state index in [1.165, 1.54) is 11.3 Å². The fraction of sp³-hybridized carbons (Fsp3) is 0.429. The summed E-state index contributed by atoms with van der Waals surface area (Å²) in [5.74, 6) is 1.31. The molecule has 0 spiro atoms. The third-order valence-corrected chi connectivity index (χ3v) is 4.01. The van der Waals surface area contributed by atoms with E-state index >= 15 is 0 Å². The average Bonchev–Trinajstić information content (AvgIpc) is 3.14. The predicted octanol–water partition coefficient (Wildman–Crippen LogP) is 2.20. The van der Waals surface area contributed by atoms with Gasteiger partial charge in [-0.3, -0.25) is 4.79 Å². The number of carbonyl (C=O) groups excluding carboxylic acids is 1. The lowest BCUT2D eigenvalue weighted by molar-refractivity contribution is -0.136. The molecule has 7 heteroatoms. The molecule has 0 saturated carbocycles. The van der Waals surface area contributed by atoms with Gasteiger partial charge in [-0.1, -0.05) is 0 Å². The Morgan fingerprint density at radius 2 is 2.43 bits per heavy atom. The first-order chi connectivity index (χ1) is 10.2. The summed E-state index contributed by atoms with van der Waals surface area (Å²) in [6, 6.07) is 3.73. The number of aryl methyl sites for hydroxylation is 1. The summed E-state index contributed by atoms with van der Waals surface area (Å²) < 4.78 is 16.0. The number of hydrogen-bond acceptors (Lipinski definition) is 6. The Balaban J connectivity index is 1.59. The van der Waals surface area contributed by atoms with Gasteiger partial charge in [0.1, 0.15) is 18.2 Å². The van der Waals surface area contributed by atoms with E-state index in [2.05, 4.69) is 10.3 Å². The molecule has 3 heterocycles. The van der Waals surface area contributed by atoms with Gasteiger partial charge < -0.3 is 19.2 Å². The molecule has 3 rings (SSSR count). The number of thiazole rings is 1. The second kappa shape index (κ2) is 6.38. The van der Waals surface area contributed by atoms with Crippen molar-refractivity contribution in [2.24, 2.45) is 0 Å². The number of aromatic nitrogens is 1. The number of nitrogens with one attached hydrogen (secondary N) is 1. The van der Waals surface area contributed by atoms with Crippen molar-refractivity contribution in [3.8, 4) is 10.8 Å². The Hall–Kier alpha value is -1.70. The van der Waals surface area contributed by atoms with Crippen molar-refractivity contribution in [2.45, 2.75) is 19.4 Å². The molecule has 1 fully saturated rings. The molecule has 112 valence electrons. The lowest BCUT2D eigenvalue weighted by Crippen LogP contribution is -2.37. The van der Waals surface area contributed by atoms with Crippen LogP contribution in [0.25, 0.3) is 10.8 Å². The number of nitrogens with zero attached hydrogens (tertiary/aromatic N) is 1. The summed E-state index contributed by atoms with van der Waals surface area (Å²) in [4.78, 5) is 16.4. The first kappa shape index (κ1) is 14.2. The molecule has 1 aliphatic rings. The highest BCUT2D eigenvalue weighted by atomic mass is 32.1. The third-order valence-electron chi connectivity index (χ3n) is 3.15. The second-order valence-corrected chi connectivity index (χ2v) is 5.62. The molecule has 6 nitrogen and oxygen atoms in total. The Bertz CT molecular complexity index is 616. The monoisotopic (exact) mass is 308 g/mol. The maximum absolute atomic E-state index is 12.1. The topological polar surface area (TPSA) is 73.6 Å². The number of rotatable bonds is 4. The van der Waals surface area contributed by atoms with Crippen molar-refractivity contribution >= 4 is 17.2 Å². The molecular weight excluding hydrogens is 292 g/mol. The van der Waals surface area contributed by atoms with Gasteiger partial charge in [0.15, 0.2) is 10.8 Å².